The second-order valence-electron chi connectivity index (χ2n) is 4.78. The fourth-order valence-electron chi connectivity index (χ4n) is 1.94. The summed E-state index contributed by atoms with van der Waals surface area (Å²) in [5.74, 6) is 0.602. The average Bonchev–Trinajstić information content (AvgIpc) is 2.87. The molecule has 0 aliphatic carbocycles. The zero-order valence-electron chi connectivity index (χ0n) is 11.2. The van der Waals surface area contributed by atoms with Crippen LogP contribution in [0.5, 0.6) is 0 Å². The summed E-state index contributed by atoms with van der Waals surface area (Å²) in [6, 6.07) is 0. The molecular formula is C13H23NO3S2. The average molecular weight is 305 g/mol. The van der Waals surface area contributed by atoms with Crippen LogP contribution >= 0.6 is 21.6 Å². The third-order valence-electron chi connectivity index (χ3n) is 3.05. The Morgan fingerprint density at radius 1 is 1.16 bits per heavy atom. The SMILES string of the molecule is O=C(O)CCCCNC(=O)CCCC[C@H]1CCSS1. The minimum absolute atomic E-state index is 0.101. The number of nitrogens with one attached hydrogen (secondary N) is 1. The monoisotopic (exact) mass is 305 g/mol. The Morgan fingerprint density at radius 2 is 1.95 bits per heavy atom. The predicted octanol–water partition coefficient (Wildman–Crippen LogP) is 3.07. The van der Waals surface area contributed by atoms with Crippen molar-refractivity contribution in [1.82, 2.24) is 5.32 Å². The highest BCUT2D eigenvalue weighted by Gasteiger charge is 2.15. The number of carboxylic acid groups (broad SMARTS) is 1. The summed E-state index contributed by atoms with van der Waals surface area (Å²) >= 11 is 0. The zero-order valence-corrected chi connectivity index (χ0v) is 12.9. The molecule has 0 aromatic heterocycles. The van der Waals surface area contributed by atoms with Crippen molar-refractivity contribution in [2.24, 2.45) is 0 Å². The molecule has 0 bridgehead atoms. The molecule has 1 rings (SSSR count). The van der Waals surface area contributed by atoms with Gasteiger partial charge in [0.2, 0.25) is 5.91 Å². The molecule has 4 nitrogen and oxygen atoms in total. The van der Waals surface area contributed by atoms with Gasteiger partial charge in [-0.3, -0.25) is 9.59 Å². The van der Waals surface area contributed by atoms with Crippen LogP contribution in [0.25, 0.3) is 0 Å². The molecule has 2 N–H and O–H groups in total. The van der Waals surface area contributed by atoms with Crippen molar-refractivity contribution in [3.63, 3.8) is 0 Å². The standard InChI is InChI=1S/C13H23NO3S2/c15-12(14-9-4-3-7-13(16)17)6-2-1-5-11-8-10-18-19-11/h11H,1-10H2,(H,14,15)(H,16,17)/t11-/m0/s1. The molecule has 0 radical (unpaired) electrons. The molecular weight excluding hydrogens is 282 g/mol. The maximum Gasteiger partial charge on any atom is 0.303 e. The smallest absolute Gasteiger partial charge is 0.303 e. The lowest BCUT2D eigenvalue weighted by molar-refractivity contribution is -0.137. The number of carbonyl (C=O) groups excluding carboxylic acids is 1. The Balaban J connectivity index is 1.86. The molecule has 110 valence electrons. The lowest BCUT2D eigenvalue weighted by Crippen LogP contribution is -2.24. The van der Waals surface area contributed by atoms with Gasteiger partial charge in [0.25, 0.3) is 0 Å². The number of unbranched alkanes of at least 4 members (excludes halogenated alkanes) is 2. The van der Waals surface area contributed by atoms with E-state index < -0.39 is 5.97 Å². The van der Waals surface area contributed by atoms with Crippen LogP contribution in [-0.2, 0) is 9.59 Å². The summed E-state index contributed by atoms with van der Waals surface area (Å²) in [5.41, 5.74) is 0. The number of carboxylic acids is 1. The van der Waals surface area contributed by atoms with Crippen molar-refractivity contribution >= 4 is 33.5 Å². The Bertz CT molecular complexity index is 281. The molecule has 1 saturated heterocycles. The van der Waals surface area contributed by atoms with Gasteiger partial charge < -0.3 is 10.4 Å². The maximum atomic E-state index is 11.5. The van der Waals surface area contributed by atoms with Gasteiger partial charge >= 0.3 is 5.97 Å². The van der Waals surface area contributed by atoms with Crippen LogP contribution in [0.1, 0.15) is 51.4 Å². The first-order valence-electron chi connectivity index (χ1n) is 6.95. The summed E-state index contributed by atoms with van der Waals surface area (Å²) in [4.78, 5) is 21.8. The van der Waals surface area contributed by atoms with Crippen LogP contribution < -0.4 is 5.32 Å². The lowest BCUT2D eigenvalue weighted by Gasteiger charge is -2.07. The third-order valence-corrected chi connectivity index (χ3v) is 6.05. The zero-order chi connectivity index (χ0) is 13.9. The molecule has 1 amide bonds. The van der Waals surface area contributed by atoms with Crippen molar-refractivity contribution in [2.45, 2.75) is 56.6 Å². The quantitative estimate of drug-likeness (QED) is 0.479. The van der Waals surface area contributed by atoms with E-state index in [0.717, 1.165) is 24.5 Å². The highest BCUT2D eigenvalue weighted by atomic mass is 33.1. The Morgan fingerprint density at radius 3 is 2.63 bits per heavy atom. The number of aliphatic carboxylic acids is 1. The van der Waals surface area contributed by atoms with Crippen LogP contribution in [0.3, 0.4) is 0 Å². The second-order valence-corrected chi connectivity index (χ2v) is 7.56. The van der Waals surface area contributed by atoms with Crippen LogP contribution in [0, 0.1) is 0 Å². The molecule has 19 heavy (non-hydrogen) atoms. The maximum absolute atomic E-state index is 11.5. The van der Waals surface area contributed by atoms with E-state index in [1.165, 1.54) is 18.6 Å². The van der Waals surface area contributed by atoms with E-state index in [1.807, 2.05) is 21.6 Å². The first kappa shape index (κ1) is 16.7. The Hall–Kier alpha value is -0.360. The third kappa shape index (κ3) is 9.21. The van der Waals surface area contributed by atoms with Gasteiger partial charge in [0.1, 0.15) is 0 Å². The largest absolute Gasteiger partial charge is 0.481 e. The van der Waals surface area contributed by atoms with Gasteiger partial charge in [-0.15, -0.1) is 0 Å². The van der Waals surface area contributed by atoms with Crippen molar-refractivity contribution in [1.29, 1.82) is 0 Å². The normalized spacial score (nSPS) is 18.4. The summed E-state index contributed by atoms with van der Waals surface area (Å²) in [5, 5.41) is 12.1. The Kier molecular flexibility index (Phi) is 9.16. The fraction of sp³-hybridized carbons (Fsp3) is 0.846. The number of carbonyl (C=O) groups is 2. The summed E-state index contributed by atoms with van der Waals surface area (Å²) in [7, 11) is 3.95. The molecule has 0 saturated carbocycles. The van der Waals surface area contributed by atoms with Gasteiger partial charge in [0.05, 0.1) is 0 Å². The second kappa shape index (κ2) is 10.4. The van der Waals surface area contributed by atoms with Gasteiger partial charge in [-0.05, 0) is 32.1 Å². The first-order chi connectivity index (χ1) is 9.18. The van der Waals surface area contributed by atoms with Crippen LogP contribution in [0.15, 0.2) is 0 Å². The summed E-state index contributed by atoms with van der Waals surface area (Å²) in [6.07, 6.45) is 6.79. The lowest BCUT2D eigenvalue weighted by atomic mass is 10.1. The van der Waals surface area contributed by atoms with E-state index in [4.69, 9.17) is 5.11 Å². The minimum Gasteiger partial charge on any atom is -0.481 e. The molecule has 1 heterocycles. The number of hydrogen-bond donors (Lipinski definition) is 2. The molecule has 1 aliphatic heterocycles. The number of hydrogen-bond acceptors (Lipinski definition) is 4. The van der Waals surface area contributed by atoms with E-state index in [2.05, 4.69) is 5.32 Å². The first-order valence-corrected chi connectivity index (χ1v) is 9.33. The molecule has 0 unspecified atom stereocenters. The molecule has 0 spiro atoms. The van der Waals surface area contributed by atoms with E-state index >= 15 is 0 Å². The van der Waals surface area contributed by atoms with E-state index in [1.54, 1.807) is 0 Å². The van der Waals surface area contributed by atoms with Gasteiger partial charge in [-0.1, -0.05) is 28.0 Å². The van der Waals surface area contributed by atoms with Crippen LogP contribution in [0.2, 0.25) is 0 Å². The molecule has 1 atom stereocenters. The van der Waals surface area contributed by atoms with Crippen molar-refractivity contribution in [3.8, 4) is 0 Å². The highest BCUT2D eigenvalue weighted by molar-refractivity contribution is 8.77. The molecule has 1 aliphatic rings. The van der Waals surface area contributed by atoms with E-state index in [0.29, 0.717) is 19.4 Å². The number of amides is 1. The van der Waals surface area contributed by atoms with E-state index in [-0.39, 0.29) is 12.3 Å². The number of rotatable bonds is 10. The molecule has 0 aromatic carbocycles. The van der Waals surface area contributed by atoms with Gasteiger partial charge in [0.15, 0.2) is 0 Å². The molecule has 1 fully saturated rings. The van der Waals surface area contributed by atoms with Crippen molar-refractivity contribution in [3.05, 3.63) is 0 Å². The van der Waals surface area contributed by atoms with Crippen molar-refractivity contribution < 1.29 is 14.7 Å². The van der Waals surface area contributed by atoms with Crippen molar-refractivity contribution in [2.75, 3.05) is 12.3 Å². The Labute approximate surface area is 122 Å². The highest BCUT2D eigenvalue weighted by Crippen LogP contribution is 2.39. The molecule has 6 heteroatoms. The summed E-state index contributed by atoms with van der Waals surface area (Å²) in [6.45, 7) is 0.598. The molecule has 0 aromatic rings. The van der Waals surface area contributed by atoms with Crippen LogP contribution in [-0.4, -0.2) is 34.5 Å². The fourth-order valence-corrected chi connectivity index (χ4v) is 4.97. The van der Waals surface area contributed by atoms with Gasteiger partial charge in [-0.2, -0.15) is 0 Å². The topological polar surface area (TPSA) is 66.4 Å². The van der Waals surface area contributed by atoms with Gasteiger partial charge in [-0.25, -0.2) is 0 Å². The van der Waals surface area contributed by atoms with E-state index in [9.17, 15) is 9.59 Å². The predicted molar refractivity (Wildman–Crippen MR) is 81.4 cm³/mol. The summed E-state index contributed by atoms with van der Waals surface area (Å²) < 4.78 is 0. The minimum atomic E-state index is -0.769. The van der Waals surface area contributed by atoms with Gasteiger partial charge in [0, 0.05) is 30.4 Å². The van der Waals surface area contributed by atoms with Crippen LogP contribution in [0.4, 0.5) is 0 Å².